The van der Waals surface area contributed by atoms with Gasteiger partial charge in [-0.1, -0.05) is 117 Å². The molecule has 0 fully saturated rings. The van der Waals surface area contributed by atoms with E-state index in [4.69, 9.17) is 9.40 Å². The van der Waals surface area contributed by atoms with Crippen molar-refractivity contribution in [2.45, 2.75) is 31.6 Å². The summed E-state index contributed by atoms with van der Waals surface area (Å²) in [6, 6.07) is 54.8. The van der Waals surface area contributed by atoms with Gasteiger partial charge in [-0.2, -0.15) is 0 Å². The lowest BCUT2D eigenvalue weighted by molar-refractivity contribution is 0.661. The van der Waals surface area contributed by atoms with Crippen molar-refractivity contribution in [1.29, 1.82) is 0 Å². The summed E-state index contributed by atoms with van der Waals surface area (Å²) in [6.45, 7) is 4.71. The van der Waals surface area contributed by atoms with Gasteiger partial charge in [0.05, 0.1) is 22.1 Å². The fraction of sp³-hybridized carbons (Fsp3) is 0.0962. The Morgan fingerprint density at radius 3 is 2.27 bits per heavy atom. The summed E-state index contributed by atoms with van der Waals surface area (Å²) in [5.74, 6) is 1.18. The second-order valence-electron chi connectivity index (χ2n) is 15.9. The van der Waals surface area contributed by atoms with Gasteiger partial charge in [0, 0.05) is 55.9 Å². The summed E-state index contributed by atoms with van der Waals surface area (Å²) < 4.78 is 11.4. The molecule has 0 N–H and O–H groups in total. The molecule has 3 aromatic heterocycles. The third-order valence-corrected chi connectivity index (χ3v) is 12.5. The minimum Gasteiger partial charge on any atom is -0.456 e. The summed E-state index contributed by atoms with van der Waals surface area (Å²) in [5.41, 5.74) is 16.4. The first kappa shape index (κ1) is 31.4. The van der Waals surface area contributed by atoms with E-state index in [2.05, 4.69) is 193 Å². The number of nitrogens with zero attached hydrogens (tertiary/aromatic N) is 3. The van der Waals surface area contributed by atoms with Crippen LogP contribution in [0.5, 0.6) is 0 Å². The number of hydrogen-bond donors (Lipinski definition) is 0. The molecule has 12 rings (SSSR count). The van der Waals surface area contributed by atoms with Crippen molar-refractivity contribution in [2.75, 3.05) is 0 Å². The van der Waals surface area contributed by atoms with Gasteiger partial charge < -0.3 is 8.98 Å². The first-order valence-corrected chi connectivity index (χ1v) is 19.6. The Kier molecular flexibility index (Phi) is 6.48. The first-order valence-electron chi connectivity index (χ1n) is 19.6. The van der Waals surface area contributed by atoms with E-state index in [1.54, 1.807) is 0 Å². The number of hydrogen-bond acceptors (Lipinski definition) is 2. The largest absolute Gasteiger partial charge is 0.456 e. The van der Waals surface area contributed by atoms with E-state index in [0.717, 1.165) is 56.8 Å². The molecule has 3 heterocycles. The average molecular weight is 720 g/mol. The Morgan fingerprint density at radius 2 is 1.39 bits per heavy atom. The molecule has 2 aliphatic carbocycles. The molecule has 0 spiro atoms. The lowest BCUT2D eigenvalue weighted by atomic mass is 9.82. The number of para-hydroxylation sites is 4. The minimum absolute atomic E-state index is 0.0825. The van der Waals surface area contributed by atoms with Crippen molar-refractivity contribution in [1.82, 2.24) is 14.1 Å². The van der Waals surface area contributed by atoms with Crippen LogP contribution in [0.3, 0.4) is 0 Å². The number of aromatic nitrogens is 3. The van der Waals surface area contributed by atoms with Crippen molar-refractivity contribution in [3.8, 4) is 22.5 Å². The maximum atomic E-state index is 6.72. The zero-order chi connectivity index (χ0) is 37.1. The highest BCUT2D eigenvalue weighted by molar-refractivity contribution is 6.12. The summed E-state index contributed by atoms with van der Waals surface area (Å²) in [7, 11) is 0. The molecule has 0 saturated heterocycles. The summed E-state index contributed by atoms with van der Waals surface area (Å²) in [6.07, 6.45) is 7.83. The molecule has 0 amide bonds. The monoisotopic (exact) mass is 719 g/mol. The summed E-state index contributed by atoms with van der Waals surface area (Å²) >= 11 is 0. The van der Waals surface area contributed by atoms with E-state index in [-0.39, 0.29) is 11.3 Å². The zero-order valence-corrected chi connectivity index (χ0v) is 31.2. The van der Waals surface area contributed by atoms with E-state index < -0.39 is 0 Å². The molecule has 2 aliphatic rings. The van der Waals surface area contributed by atoms with Crippen molar-refractivity contribution >= 4 is 60.4 Å². The van der Waals surface area contributed by atoms with Gasteiger partial charge in [-0.25, -0.2) is 4.98 Å². The van der Waals surface area contributed by atoms with Crippen LogP contribution >= 0.6 is 0 Å². The fourth-order valence-electron chi connectivity index (χ4n) is 9.81. The maximum Gasteiger partial charge on any atom is 0.145 e. The Balaban J connectivity index is 0.954. The molecule has 10 aromatic rings. The second kappa shape index (κ2) is 11.5. The van der Waals surface area contributed by atoms with Crippen LogP contribution < -0.4 is 0 Å². The topological polar surface area (TPSA) is 35.9 Å². The number of benzene rings is 7. The van der Waals surface area contributed by atoms with Crippen LogP contribution in [0.2, 0.25) is 0 Å². The van der Waals surface area contributed by atoms with Crippen LogP contribution in [0.15, 0.2) is 174 Å². The molecule has 0 bridgehead atoms. The smallest absolute Gasteiger partial charge is 0.145 e. The number of allylic oxidation sites excluding steroid dienone is 4. The number of fused-ring (bicyclic) bond motifs is 10. The van der Waals surface area contributed by atoms with Crippen molar-refractivity contribution in [2.24, 2.45) is 0 Å². The SMILES string of the molecule is CC1(C)c2ccccc2-c2cc3c4ccccc4n(-c4ccc5c(c4)oc4cccc(C6C=CC(c7nc8ccccc8n7-c7ccccc7)=CC6)c45)c3cc21. The van der Waals surface area contributed by atoms with E-state index in [1.165, 1.54) is 55.0 Å². The summed E-state index contributed by atoms with van der Waals surface area (Å²) in [5, 5.41) is 4.87. The van der Waals surface area contributed by atoms with Crippen LogP contribution in [-0.4, -0.2) is 14.1 Å². The fourth-order valence-corrected chi connectivity index (χ4v) is 9.81. The summed E-state index contributed by atoms with van der Waals surface area (Å²) in [4.78, 5) is 5.12. The maximum absolute atomic E-state index is 6.72. The van der Waals surface area contributed by atoms with E-state index in [1.807, 2.05) is 0 Å². The molecule has 56 heavy (non-hydrogen) atoms. The molecule has 0 radical (unpaired) electrons. The van der Waals surface area contributed by atoms with Gasteiger partial charge in [0.25, 0.3) is 0 Å². The van der Waals surface area contributed by atoms with Crippen LogP contribution in [-0.2, 0) is 5.41 Å². The molecular weight excluding hydrogens is 683 g/mol. The molecule has 1 atom stereocenters. The lowest BCUT2D eigenvalue weighted by Crippen LogP contribution is -2.14. The van der Waals surface area contributed by atoms with Gasteiger partial charge in [-0.05, 0) is 94.9 Å². The minimum atomic E-state index is -0.0825. The molecule has 7 aromatic carbocycles. The Labute approximate surface area is 324 Å². The normalized spacial score (nSPS) is 16.0. The molecule has 4 nitrogen and oxygen atoms in total. The average Bonchev–Trinajstić information content (AvgIpc) is 3.97. The number of imidazole rings is 1. The van der Waals surface area contributed by atoms with Gasteiger partial charge in [0.15, 0.2) is 0 Å². The van der Waals surface area contributed by atoms with Crippen LogP contribution in [0.1, 0.15) is 48.7 Å². The molecule has 266 valence electrons. The predicted molar refractivity (Wildman–Crippen MR) is 231 cm³/mol. The Bertz CT molecular complexity index is 3310. The molecule has 0 aliphatic heterocycles. The van der Waals surface area contributed by atoms with Crippen LogP contribution in [0.25, 0.3) is 82.9 Å². The van der Waals surface area contributed by atoms with E-state index in [0.29, 0.717) is 0 Å². The highest BCUT2D eigenvalue weighted by atomic mass is 16.3. The first-order chi connectivity index (χ1) is 27.5. The van der Waals surface area contributed by atoms with Crippen LogP contribution in [0.4, 0.5) is 0 Å². The van der Waals surface area contributed by atoms with E-state index in [9.17, 15) is 0 Å². The van der Waals surface area contributed by atoms with Crippen molar-refractivity contribution in [3.05, 3.63) is 192 Å². The highest BCUT2D eigenvalue weighted by Gasteiger charge is 2.36. The third kappa shape index (κ3) is 4.38. The Hall–Kier alpha value is -6.91. The molecule has 1 unspecified atom stereocenters. The molecule has 0 saturated carbocycles. The highest BCUT2D eigenvalue weighted by Crippen LogP contribution is 2.51. The quantitative estimate of drug-likeness (QED) is 0.182. The van der Waals surface area contributed by atoms with E-state index >= 15 is 0 Å². The predicted octanol–water partition coefficient (Wildman–Crippen LogP) is 13.5. The lowest BCUT2D eigenvalue weighted by Gasteiger charge is -2.21. The van der Waals surface area contributed by atoms with Gasteiger partial charge in [-0.3, -0.25) is 4.57 Å². The third-order valence-electron chi connectivity index (χ3n) is 12.5. The zero-order valence-electron chi connectivity index (χ0n) is 31.2. The Morgan fingerprint density at radius 1 is 0.589 bits per heavy atom. The van der Waals surface area contributed by atoms with Gasteiger partial charge in [0.1, 0.15) is 17.0 Å². The number of rotatable bonds is 4. The number of furan rings is 1. The van der Waals surface area contributed by atoms with Gasteiger partial charge in [0.2, 0.25) is 0 Å². The van der Waals surface area contributed by atoms with Crippen LogP contribution in [0, 0.1) is 0 Å². The molecule has 4 heteroatoms. The van der Waals surface area contributed by atoms with Gasteiger partial charge >= 0.3 is 0 Å². The van der Waals surface area contributed by atoms with Gasteiger partial charge in [-0.15, -0.1) is 0 Å². The van der Waals surface area contributed by atoms with Crippen molar-refractivity contribution in [3.63, 3.8) is 0 Å². The van der Waals surface area contributed by atoms with Crippen molar-refractivity contribution < 1.29 is 4.42 Å². The second-order valence-corrected chi connectivity index (χ2v) is 15.9. The molecular formula is C52H37N3O. The standard InChI is InChI=1S/C52H37N3O/c1-52(2)42-18-8-6-15-37(42)40-30-41-38-16-7-10-20-45(38)54(47(41)31-43(40)52)35-27-28-39-49(29-35)56-48-22-12-17-36(50(39)48)32-23-25-33(26-24-32)51-53-44-19-9-11-21-46(44)55(51)34-13-4-3-5-14-34/h3-23,25-32H,24H2,1-2H3.